The number of hydrogen-bond donors (Lipinski definition) is 1. The minimum Gasteiger partial charge on any atom is -0.395 e. The van der Waals surface area contributed by atoms with Crippen LogP contribution in [-0.4, -0.2) is 54.3 Å². The number of anilines is 1. The maximum atomic E-state index is 12.9. The fourth-order valence-electron chi connectivity index (χ4n) is 2.35. The van der Waals surface area contributed by atoms with Crippen molar-refractivity contribution in [3.05, 3.63) is 34.8 Å². The summed E-state index contributed by atoms with van der Waals surface area (Å²) in [5.41, 5.74) is -0.678. The van der Waals surface area contributed by atoms with Crippen LogP contribution in [0.3, 0.4) is 0 Å². The topological polar surface area (TPSA) is 39.6 Å². The van der Waals surface area contributed by atoms with Gasteiger partial charge in [0.1, 0.15) is 0 Å². The second-order valence-electron chi connectivity index (χ2n) is 5.28. The molecule has 1 aromatic rings. The van der Waals surface area contributed by atoms with Gasteiger partial charge < -0.3 is 10.0 Å². The molecule has 1 saturated heterocycles. The summed E-state index contributed by atoms with van der Waals surface area (Å²) in [6.45, 7) is 5.53. The van der Waals surface area contributed by atoms with Crippen LogP contribution in [0.1, 0.15) is 10.4 Å². The van der Waals surface area contributed by atoms with Crippen LogP contribution in [-0.2, 0) is 6.18 Å². The first-order chi connectivity index (χ1) is 10.9. The third kappa shape index (κ3) is 5.33. The zero-order chi connectivity index (χ0) is 16.9. The number of alkyl halides is 3. The Bertz CT molecular complexity index is 567. The normalized spacial score (nSPS) is 16.3. The molecule has 0 spiro atoms. The van der Waals surface area contributed by atoms with E-state index in [1.54, 1.807) is 6.92 Å². The van der Waals surface area contributed by atoms with Gasteiger partial charge in [-0.15, -0.1) is 11.3 Å². The van der Waals surface area contributed by atoms with Gasteiger partial charge in [0.05, 0.1) is 12.2 Å². The Balaban J connectivity index is 2.24. The van der Waals surface area contributed by atoms with Crippen molar-refractivity contribution in [2.75, 3.05) is 44.2 Å². The Hall–Kier alpha value is -1.38. The minimum atomic E-state index is -4.37. The van der Waals surface area contributed by atoms with Crippen LogP contribution < -0.4 is 4.90 Å². The van der Waals surface area contributed by atoms with Crippen LogP contribution >= 0.6 is 11.3 Å². The van der Waals surface area contributed by atoms with Crippen LogP contribution in [0, 0.1) is 6.92 Å². The van der Waals surface area contributed by atoms with Crippen LogP contribution in [0.15, 0.2) is 24.4 Å². The number of aryl methyl sites for hydroxylation is 1. The third-order valence-electron chi connectivity index (χ3n) is 3.54. The second kappa shape index (κ2) is 7.94. The molecule has 8 heteroatoms. The van der Waals surface area contributed by atoms with Gasteiger partial charge in [-0.3, -0.25) is 4.90 Å². The number of aliphatic hydroxyl groups excluding tert-OH is 1. The smallest absolute Gasteiger partial charge is 0.395 e. The highest BCUT2D eigenvalue weighted by Crippen LogP contribution is 2.30. The van der Waals surface area contributed by atoms with Crippen molar-refractivity contribution < 1.29 is 18.3 Å². The zero-order valence-electron chi connectivity index (χ0n) is 12.9. The molecule has 0 bridgehead atoms. The van der Waals surface area contributed by atoms with Crippen molar-refractivity contribution in [3.8, 4) is 0 Å². The summed E-state index contributed by atoms with van der Waals surface area (Å²) in [7, 11) is 0. The van der Waals surface area contributed by atoms with Gasteiger partial charge in [-0.05, 0) is 25.1 Å². The average Bonchev–Trinajstić information content (AvgIpc) is 2.58. The van der Waals surface area contributed by atoms with E-state index in [0.717, 1.165) is 38.3 Å². The molecule has 23 heavy (non-hydrogen) atoms. The van der Waals surface area contributed by atoms with E-state index in [-0.39, 0.29) is 6.61 Å². The molecule has 2 heterocycles. The molecule has 1 aliphatic rings. The Morgan fingerprint density at radius 2 is 1.96 bits per heavy atom. The highest BCUT2D eigenvalue weighted by molar-refractivity contribution is 7.15. The van der Waals surface area contributed by atoms with Crippen LogP contribution in [0.5, 0.6) is 0 Å². The van der Waals surface area contributed by atoms with E-state index in [4.69, 9.17) is 5.11 Å². The lowest BCUT2D eigenvalue weighted by Gasteiger charge is -2.34. The fraction of sp³-hybridized carbons (Fsp3) is 0.533. The summed E-state index contributed by atoms with van der Waals surface area (Å²) in [6, 6.07) is 3.51. The molecule has 0 amide bonds. The van der Waals surface area contributed by atoms with Gasteiger partial charge in [0.25, 0.3) is 0 Å². The summed E-state index contributed by atoms with van der Waals surface area (Å²) in [5, 5.41) is 9.66. The zero-order valence-corrected chi connectivity index (χ0v) is 13.7. The lowest BCUT2D eigenvalue weighted by molar-refractivity contribution is -0.137. The molecule has 1 aromatic heterocycles. The monoisotopic (exact) mass is 347 g/mol. The number of rotatable bonds is 3. The molecule has 1 aliphatic heterocycles. The number of piperazine rings is 1. The molecule has 1 fully saturated rings. The van der Waals surface area contributed by atoms with Crippen LogP contribution in [0.25, 0.3) is 0 Å². The molecule has 0 aromatic carbocycles. The third-order valence-corrected chi connectivity index (χ3v) is 4.53. The molecule has 1 N–H and O–H groups in total. The Morgan fingerprint density at radius 3 is 2.57 bits per heavy atom. The quantitative estimate of drug-likeness (QED) is 0.913. The fourth-order valence-corrected chi connectivity index (χ4v) is 3.25. The number of nitrogens with zero attached hydrogens (tertiary/aromatic N) is 3. The first-order valence-electron chi connectivity index (χ1n) is 7.36. The van der Waals surface area contributed by atoms with E-state index in [1.165, 1.54) is 23.6 Å². The molecule has 2 rings (SSSR count). The van der Waals surface area contributed by atoms with E-state index in [1.807, 2.05) is 0 Å². The van der Waals surface area contributed by atoms with Crippen molar-refractivity contribution in [1.82, 2.24) is 9.88 Å². The largest absolute Gasteiger partial charge is 0.416 e. The van der Waals surface area contributed by atoms with Gasteiger partial charge in [-0.25, -0.2) is 4.98 Å². The SMILES string of the molecule is Cc1cc(C(F)(F)F)cccnc(N2CCN(CCO)CC2)s1. The van der Waals surface area contributed by atoms with E-state index in [9.17, 15) is 13.2 Å². The van der Waals surface area contributed by atoms with Crippen molar-refractivity contribution in [2.24, 2.45) is 0 Å². The van der Waals surface area contributed by atoms with Crippen molar-refractivity contribution in [2.45, 2.75) is 13.1 Å². The summed E-state index contributed by atoms with van der Waals surface area (Å²) >= 11 is 1.25. The van der Waals surface area contributed by atoms with Gasteiger partial charge >= 0.3 is 6.18 Å². The van der Waals surface area contributed by atoms with E-state index >= 15 is 0 Å². The molecule has 0 unspecified atom stereocenters. The van der Waals surface area contributed by atoms with E-state index in [2.05, 4.69) is 14.8 Å². The molecular formula is C15H20F3N3OS. The Morgan fingerprint density at radius 1 is 1.26 bits per heavy atom. The van der Waals surface area contributed by atoms with Gasteiger partial charge in [0.15, 0.2) is 5.13 Å². The van der Waals surface area contributed by atoms with Gasteiger partial charge in [-0.1, -0.05) is 0 Å². The number of hydrogen-bond acceptors (Lipinski definition) is 5. The molecular weight excluding hydrogens is 327 g/mol. The summed E-state index contributed by atoms with van der Waals surface area (Å²) in [6.07, 6.45) is -2.97. The van der Waals surface area contributed by atoms with Crippen LogP contribution in [0.4, 0.5) is 18.3 Å². The highest BCUT2D eigenvalue weighted by atomic mass is 32.1. The molecule has 128 valence electrons. The highest BCUT2D eigenvalue weighted by Gasteiger charge is 2.29. The molecule has 4 nitrogen and oxygen atoms in total. The van der Waals surface area contributed by atoms with Gasteiger partial charge in [0, 0.05) is 43.8 Å². The van der Waals surface area contributed by atoms with E-state index < -0.39 is 11.7 Å². The lowest BCUT2D eigenvalue weighted by atomic mass is 10.2. The predicted octanol–water partition coefficient (Wildman–Crippen LogP) is 2.71. The van der Waals surface area contributed by atoms with Crippen molar-refractivity contribution in [3.63, 3.8) is 0 Å². The first kappa shape index (κ1) is 18.0. The predicted molar refractivity (Wildman–Crippen MR) is 85.2 cm³/mol. The average molecular weight is 347 g/mol. The lowest BCUT2D eigenvalue weighted by Crippen LogP contribution is -2.47. The maximum absolute atomic E-state index is 12.9. The number of halogens is 3. The summed E-state index contributed by atoms with van der Waals surface area (Å²) < 4.78 is 38.7. The number of aromatic nitrogens is 1. The Labute approximate surface area is 137 Å². The molecule has 0 saturated carbocycles. The number of β-amino-alcohol motifs (C(OH)–C–C–N with tert-alkyl or cyclic N) is 1. The minimum absolute atomic E-state index is 0.131. The maximum Gasteiger partial charge on any atom is 0.416 e. The van der Waals surface area contributed by atoms with E-state index in [0.29, 0.717) is 16.6 Å². The summed E-state index contributed by atoms with van der Waals surface area (Å²) in [4.78, 5) is 9.08. The van der Waals surface area contributed by atoms with Gasteiger partial charge in [-0.2, -0.15) is 13.2 Å². The van der Waals surface area contributed by atoms with Crippen molar-refractivity contribution in [1.29, 1.82) is 0 Å². The second-order valence-corrected chi connectivity index (χ2v) is 6.50. The standard InChI is InChI=1S/C15H20F3N3OS/c1-12-11-13(15(16,17)18)3-2-4-19-14(23-12)21-7-5-20(6-8-21)9-10-22/h2-4,11,22H,5-10H2,1H3. The summed E-state index contributed by atoms with van der Waals surface area (Å²) in [5.74, 6) is 0. The van der Waals surface area contributed by atoms with Gasteiger partial charge in [0.2, 0.25) is 0 Å². The first-order valence-corrected chi connectivity index (χ1v) is 8.18. The van der Waals surface area contributed by atoms with Crippen LogP contribution in [0.2, 0.25) is 0 Å². The number of aliphatic hydroxyl groups is 1. The molecule has 0 aliphatic carbocycles. The Kier molecular flexibility index (Phi) is 6.20. The van der Waals surface area contributed by atoms with Crippen molar-refractivity contribution >= 4 is 16.5 Å². The molecule has 0 atom stereocenters. The molecule has 0 radical (unpaired) electrons.